The third kappa shape index (κ3) is 5.77. The SMILES string of the molecule is CN(Cc1c(Cl)ccc(C(=O)c2c(C3CC3)nn(C)c2OCC(=O)c2ccccc2)c1Cl)CC(F)F. The van der Waals surface area contributed by atoms with Crippen LogP contribution in [0.2, 0.25) is 10.0 Å². The van der Waals surface area contributed by atoms with Gasteiger partial charge in [0.1, 0.15) is 5.56 Å². The topological polar surface area (TPSA) is 64.4 Å². The number of halogens is 4. The van der Waals surface area contributed by atoms with Crippen molar-refractivity contribution in [1.29, 1.82) is 0 Å². The molecule has 190 valence electrons. The molecule has 0 saturated heterocycles. The number of carbonyl (C=O) groups is 2. The lowest BCUT2D eigenvalue weighted by Crippen LogP contribution is -2.24. The van der Waals surface area contributed by atoms with Crippen molar-refractivity contribution in [3.05, 3.63) is 80.5 Å². The van der Waals surface area contributed by atoms with E-state index in [1.807, 2.05) is 6.07 Å². The van der Waals surface area contributed by atoms with Crippen LogP contribution in [0, 0.1) is 0 Å². The number of ether oxygens (including phenoxy) is 1. The summed E-state index contributed by atoms with van der Waals surface area (Å²) >= 11 is 12.9. The first kappa shape index (κ1) is 26.3. The van der Waals surface area contributed by atoms with Gasteiger partial charge in [-0.3, -0.25) is 14.5 Å². The summed E-state index contributed by atoms with van der Waals surface area (Å²) in [7, 11) is 3.18. The molecule has 0 atom stereocenters. The molecule has 6 nitrogen and oxygen atoms in total. The summed E-state index contributed by atoms with van der Waals surface area (Å²) in [6.45, 7) is -0.695. The molecule has 0 radical (unpaired) electrons. The van der Waals surface area contributed by atoms with Gasteiger partial charge in [-0.1, -0.05) is 53.5 Å². The van der Waals surface area contributed by atoms with Crippen molar-refractivity contribution in [1.82, 2.24) is 14.7 Å². The molecule has 2 aromatic carbocycles. The molecule has 0 aliphatic heterocycles. The fourth-order valence-corrected chi connectivity index (χ4v) is 4.59. The summed E-state index contributed by atoms with van der Waals surface area (Å²) in [5, 5.41) is 4.88. The van der Waals surface area contributed by atoms with Crippen LogP contribution in [0.3, 0.4) is 0 Å². The number of carbonyl (C=O) groups excluding carboxylic acids is 2. The molecule has 0 bridgehead atoms. The van der Waals surface area contributed by atoms with Crippen molar-refractivity contribution < 1.29 is 23.1 Å². The lowest BCUT2D eigenvalue weighted by Gasteiger charge is -2.19. The molecule has 3 aromatic rings. The van der Waals surface area contributed by atoms with E-state index in [4.69, 9.17) is 27.9 Å². The first-order chi connectivity index (χ1) is 17.2. The predicted octanol–water partition coefficient (Wildman–Crippen LogP) is 5.79. The van der Waals surface area contributed by atoms with Gasteiger partial charge in [0, 0.05) is 41.2 Å². The van der Waals surface area contributed by atoms with Crippen molar-refractivity contribution >= 4 is 34.8 Å². The van der Waals surface area contributed by atoms with Gasteiger partial charge in [-0.25, -0.2) is 13.5 Å². The van der Waals surface area contributed by atoms with E-state index in [1.54, 1.807) is 31.3 Å². The zero-order valence-corrected chi connectivity index (χ0v) is 21.3. The molecule has 1 aliphatic rings. The third-order valence-electron chi connectivity index (χ3n) is 5.96. The van der Waals surface area contributed by atoms with E-state index in [2.05, 4.69) is 5.10 Å². The van der Waals surface area contributed by atoms with Crippen molar-refractivity contribution in [3.8, 4) is 5.88 Å². The average Bonchev–Trinajstić information content (AvgIpc) is 3.63. The van der Waals surface area contributed by atoms with Crippen LogP contribution in [0.4, 0.5) is 8.78 Å². The fourth-order valence-electron chi connectivity index (χ4n) is 4.01. The number of ketones is 2. The maximum atomic E-state index is 13.8. The maximum absolute atomic E-state index is 13.8. The molecular formula is C26H25Cl2F2N3O3. The second-order valence-corrected chi connectivity index (χ2v) is 9.63. The maximum Gasteiger partial charge on any atom is 0.251 e. The Balaban J connectivity index is 1.66. The summed E-state index contributed by atoms with van der Waals surface area (Å²) in [5.74, 6) is -0.378. The van der Waals surface area contributed by atoms with Gasteiger partial charge in [-0.05, 0) is 32.0 Å². The average molecular weight is 536 g/mol. The van der Waals surface area contributed by atoms with Gasteiger partial charge < -0.3 is 4.74 Å². The Morgan fingerprint density at radius 1 is 1.17 bits per heavy atom. The van der Waals surface area contributed by atoms with E-state index in [-0.39, 0.29) is 51.9 Å². The lowest BCUT2D eigenvalue weighted by molar-refractivity contribution is 0.0908. The lowest BCUT2D eigenvalue weighted by atomic mass is 9.99. The van der Waals surface area contributed by atoms with Gasteiger partial charge in [-0.2, -0.15) is 5.10 Å². The summed E-state index contributed by atoms with van der Waals surface area (Å²) in [4.78, 5) is 27.8. The van der Waals surface area contributed by atoms with Crippen LogP contribution in [0.1, 0.15) is 56.3 Å². The second-order valence-electron chi connectivity index (χ2n) is 8.85. The normalized spacial score (nSPS) is 13.4. The number of nitrogens with zero attached hydrogens (tertiary/aromatic N) is 3. The van der Waals surface area contributed by atoms with Crippen molar-refractivity contribution in [2.45, 2.75) is 31.7 Å². The number of benzene rings is 2. The Hall–Kier alpha value is -2.81. The number of Topliss-reactive ketones (excluding diaryl/α,β-unsaturated/α-hetero) is 1. The standard InChI is InChI=1S/C26H25Cl2F2N3O3/c1-32(13-21(29)30)12-18-19(27)11-10-17(23(18)28)25(35)22-24(16-8-9-16)31-33(2)26(22)36-14-20(34)15-6-4-3-5-7-15/h3-7,10-11,16,21H,8-9,12-14H2,1-2H3. The zero-order valence-electron chi connectivity index (χ0n) is 19.8. The molecule has 1 fully saturated rings. The largest absolute Gasteiger partial charge is 0.469 e. The minimum Gasteiger partial charge on any atom is -0.469 e. The number of hydrogen-bond donors (Lipinski definition) is 0. The van der Waals surface area contributed by atoms with Crippen LogP contribution >= 0.6 is 23.2 Å². The highest BCUT2D eigenvalue weighted by Crippen LogP contribution is 2.44. The van der Waals surface area contributed by atoms with Crippen LogP contribution in [-0.2, 0) is 13.6 Å². The third-order valence-corrected chi connectivity index (χ3v) is 6.74. The molecule has 1 aromatic heterocycles. The van der Waals surface area contributed by atoms with Gasteiger partial charge in [0.15, 0.2) is 12.4 Å². The molecule has 36 heavy (non-hydrogen) atoms. The predicted molar refractivity (Wildman–Crippen MR) is 134 cm³/mol. The molecule has 0 unspecified atom stereocenters. The Bertz CT molecular complexity index is 1280. The van der Waals surface area contributed by atoms with Gasteiger partial charge in [0.25, 0.3) is 6.43 Å². The molecule has 10 heteroatoms. The number of aromatic nitrogens is 2. The van der Waals surface area contributed by atoms with Crippen LogP contribution in [0.15, 0.2) is 42.5 Å². The second kappa shape index (κ2) is 11.1. The molecule has 0 amide bonds. The Morgan fingerprint density at radius 2 is 1.86 bits per heavy atom. The van der Waals surface area contributed by atoms with Gasteiger partial charge in [0.2, 0.25) is 11.7 Å². The Kier molecular flexibility index (Phi) is 8.07. The highest BCUT2D eigenvalue weighted by molar-refractivity contribution is 6.39. The molecule has 0 N–H and O–H groups in total. The molecule has 1 aliphatic carbocycles. The van der Waals surface area contributed by atoms with E-state index in [9.17, 15) is 18.4 Å². The zero-order chi connectivity index (χ0) is 26.0. The smallest absolute Gasteiger partial charge is 0.251 e. The summed E-state index contributed by atoms with van der Waals surface area (Å²) in [6.07, 6.45) is -0.748. The van der Waals surface area contributed by atoms with E-state index >= 15 is 0 Å². The van der Waals surface area contributed by atoms with Crippen LogP contribution in [-0.4, -0.2) is 52.9 Å². The molecule has 1 saturated carbocycles. The Labute approximate surface area is 217 Å². The van der Waals surface area contributed by atoms with Crippen molar-refractivity contribution in [2.24, 2.45) is 7.05 Å². The minimum absolute atomic E-state index is 0.0422. The van der Waals surface area contributed by atoms with Gasteiger partial charge in [0.05, 0.1) is 17.3 Å². The molecule has 0 spiro atoms. The molecule has 1 heterocycles. The van der Waals surface area contributed by atoms with Gasteiger partial charge >= 0.3 is 0 Å². The van der Waals surface area contributed by atoms with Crippen molar-refractivity contribution in [3.63, 3.8) is 0 Å². The summed E-state index contributed by atoms with van der Waals surface area (Å²) in [5.41, 5.74) is 1.87. The number of alkyl halides is 2. The van der Waals surface area contributed by atoms with Gasteiger partial charge in [-0.15, -0.1) is 0 Å². The van der Waals surface area contributed by atoms with Crippen LogP contribution in [0.25, 0.3) is 0 Å². The molecular weight excluding hydrogens is 511 g/mol. The minimum atomic E-state index is -2.52. The highest BCUT2D eigenvalue weighted by Gasteiger charge is 2.36. The number of rotatable bonds is 11. The van der Waals surface area contributed by atoms with E-state index in [0.717, 1.165) is 12.8 Å². The van der Waals surface area contributed by atoms with E-state index < -0.39 is 18.8 Å². The van der Waals surface area contributed by atoms with Crippen LogP contribution in [0.5, 0.6) is 5.88 Å². The fraction of sp³-hybridized carbons (Fsp3) is 0.346. The summed E-state index contributed by atoms with van der Waals surface area (Å²) < 4.78 is 33.0. The first-order valence-corrected chi connectivity index (χ1v) is 12.2. The Morgan fingerprint density at radius 3 is 2.50 bits per heavy atom. The number of aryl methyl sites for hydroxylation is 1. The monoisotopic (exact) mass is 535 g/mol. The van der Waals surface area contributed by atoms with E-state index in [1.165, 1.54) is 28.8 Å². The highest BCUT2D eigenvalue weighted by atomic mass is 35.5. The summed E-state index contributed by atoms with van der Waals surface area (Å²) in [6, 6.07) is 11.7. The van der Waals surface area contributed by atoms with E-state index in [0.29, 0.717) is 16.8 Å². The first-order valence-electron chi connectivity index (χ1n) is 11.4. The quantitative estimate of drug-likeness (QED) is 0.290. The van der Waals surface area contributed by atoms with Crippen LogP contribution < -0.4 is 4.74 Å². The number of hydrogen-bond acceptors (Lipinski definition) is 5. The van der Waals surface area contributed by atoms with Crippen molar-refractivity contribution in [2.75, 3.05) is 20.2 Å². The molecule has 4 rings (SSSR count).